The molecule has 2 fully saturated rings. The fourth-order valence-corrected chi connectivity index (χ4v) is 3.99. The first-order valence-corrected chi connectivity index (χ1v) is 9.62. The van der Waals surface area contributed by atoms with Crippen LogP contribution in [0.4, 0.5) is 23.7 Å². The Morgan fingerprint density at radius 3 is 2.41 bits per heavy atom. The average molecular weight is 423 g/mol. The van der Waals surface area contributed by atoms with E-state index in [0.29, 0.717) is 18.5 Å². The number of aromatic nitrogens is 1. The highest BCUT2D eigenvalue weighted by molar-refractivity contribution is 8.00. The summed E-state index contributed by atoms with van der Waals surface area (Å²) in [5, 5.41) is 9.24. The molecule has 6 nitrogen and oxygen atoms in total. The van der Waals surface area contributed by atoms with Crippen molar-refractivity contribution in [3.63, 3.8) is 0 Å². The van der Waals surface area contributed by atoms with Crippen LogP contribution in [0.5, 0.6) is 0 Å². The lowest BCUT2D eigenvalue weighted by Gasteiger charge is -2.21. The summed E-state index contributed by atoms with van der Waals surface area (Å²) >= 11 is -0.254. The van der Waals surface area contributed by atoms with E-state index in [-0.39, 0.29) is 41.4 Å². The van der Waals surface area contributed by atoms with Crippen molar-refractivity contribution in [3.8, 4) is 0 Å². The molecule has 152 valence electrons. The summed E-state index contributed by atoms with van der Waals surface area (Å²) in [6.07, 6.45) is 2.60. The number of hydrogen-bond donors (Lipinski definition) is 1. The van der Waals surface area contributed by atoms with Crippen LogP contribution in [-0.2, 0) is 17.9 Å². The maximum atomic E-state index is 13.0. The third-order valence-electron chi connectivity index (χ3n) is 4.98. The molecule has 0 atom stereocenters. The average Bonchev–Trinajstić information content (AvgIpc) is 3.45. The molecule has 1 saturated carbocycles. The van der Waals surface area contributed by atoms with Gasteiger partial charge in [-0.15, -0.1) is 0 Å². The van der Waals surface area contributed by atoms with Crippen LogP contribution in [0.25, 0.3) is 0 Å². The molecule has 1 aromatic carbocycles. The van der Waals surface area contributed by atoms with Crippen molar-refractivity contribution in [2.24, 2.45) is 0 Å². The molecule has 1 aliphatic carbocycles. The molecular weight excluding hydrogens is 407 g/mol. The van der Waals surface area contributed by atoms with Crippen molar-refractivity contribution in [3.05, 3.63) is 53.9 Å². The predicted molar refractivity (Wildman–Crippen MR) is 98.9 cm³/mol. The molecule has 29 heavy (non-hydrogen) atoms. The summed E-state index contributed by atoms with van der Waals surface area (Å²) in [5.41, 5.74) is -3.88. The first-order chi connectivity index (χ1) is 13.7. The molecule has 0 radical (unpaired) electrons. The van der Waals surface area contributed by atoms with Gasteiger partial charge >= 0.3 is 11.5 Å². The lowest BCUT2D eigenvalue weighted by molar-refractivity contribution is -0.120. The van der Waals surface area contributed by atoms with E-state index in [2.05, 4.69) is 4.98 Å². The molecule has 2 aliphatic rings. The van der Waals surface area contributed by atoms with E-state index >= 15 is 0 Å². The zero-order valence-electron chi connectivity index (χ0n) is 15.0. The van der Waals surface area contributed by atoms with Gasteiger partial charge in [-0.3, -0.25) is 9.78 Å². The maximum absolute atomic E-state index is 13.0. The van der Waals surface area contributed by atoms with Gasteiger partial charge in [0.05, 0.1) is 18.0 Å². The second-order valence-electron chi connectivity index (χ2n) is 6.90. The van der Waals surface area contributed by atoms with Crippen LogP contribution in [0.15, 0.2) is 47.5 Å². The van der Waals surface area contributed by atoms with Gasteiger partial charge < -0.3 is 10.0 Å². The molecule has 4 rings (SSSR count). The molecule has 2 heterocycles. The second kappa shape index (κ2) is 7.03. The summed E-state index contributed by atoms with van der Waals surface area (Å²) in [6, 6.07) is 8.04. The minimum absolute atomic E-state index is 0.0216. The molecule has 1 aromatic heterocycles. The number of aliphatic hydroxyl groups excluding tert-OH is 1. The Morgan fingerprint density at radius 1 is 1.14 bits per heavy atom. The standard InChI is InChI=1S/C19H16F3N3O3S/c20-19(21,22)29-15-3-1-14(2-4-15)25-16(27)18(6-7-18)24(17(25)28)10-12-5-8-23-13(9-12)11-26/h1-5,8-9,26H,6-7,10-11H2. The van der Waals surface area contributed by atoms with Gasteiger partial charge in [0.25, 0.3) is 5.91 Å². The van der Waals surface area contributed by atoms with Crippen LogP contribution < -0.4 is 4.90 Å². The van der Waals surface area contributed by atoms with Crippen LogP contribution in [0.3, 0.4) is 0 Å². The Morgan fingerprint density at radius 2 is 1.83 bits per heavy atom. The zero-order chi connectivity index (χ0) is 20.8. The highest BCUT2D eigenvalue weighted by Gasteiger charge is 2.65. The van der Waals surface area contributed by atoms with E-state index in [1.54, 1.807) is 12.1 Å². The van der Waals surface area contributed by atoms with Gasteiger partial charge in [-0.1, -0.05) is 0 Å². The normalized spacial score (nSPS) is 18.1. The molecule has 1 spiro atoms. The number of halogens is 3. The van der Waals surface area contributed by atoms with Crippen LogP contribution in [0.1, 0.15) is 24.1 Å². The third-order valence-corrected chi connectivity index (χ3v) is 5.72. The van der Waals surface area contributed by atoms with Crippen molar-refractivity contribution < 1.29 is 27.9 Å². The van der Waals surface area contributed by atoms with E-state index in [1.807, 2.05) is 0 Å². The number of thioether (sulfide) groups is 1. The van der Waals surface area contributed by atoms with Gasteiger partial charge in [0.15, 0.2) is 0 Å². The minimum atomic E-state index is -4.41. The Hall–Kier alpha value is -2.59. The molecule has 2 aromatic rings. The highest BCUT2D eigenvalue weighted by atomic mass is 32.2. The first-order valence-electron chi connectivity index (χ1n) is 8.80. The molecule has 1 saturated heterocycles. The predicted octanol–water partition coefficient (Wildman–Crippen LogP) is 3.69. The number of benzene rings is 1. The van der Waals surface area contributed by atoms with Crippen molar-refractivity contribution >= 4 is 29.4 Å². The van der Waals surface area contributed by atoms with Crippen LogP contribution in [-0.4, -0.2) is 38.0 Å². The molecule has 3 amide bonds. The molecular formula is C19H16F3N3O3S. The fourth-order valence-electron chi connectivity index (χ4n) is 3.46. The summed E-state index contributed by atoms with van der Waals surface area (Å²) in [5.74, 6) is -0.366. The topological polar surface area (TPSA) is 73.7 Å². The highest BCUT2D eigenvalue weighted by Crippen LogP contribution is 2.50. The van der Waals surface area contributed by atoms with E-state index in [4.69, 9.17) is 0 Å². The third kappa shape index (κ3) is 3.69. The summed E-state index contributed by atoms with van der Waals surface area (Å²) in [4.78, 5) is 32.5. The molecule has 1 N–H and O–H groups in total. The second-order valence-corrected chi connectivity index (χ2v) is 8.03. The quantitative estimate of drug-likeness (QED) is 0.587. The number of nitrogens with zero attached hydrogens (tertiary/aromatic N) is 3. The van der Waals surface area contributed by atoms with Crippen LogP contribution in [0.2, 0.25) is 0 Å². The Balaban J connectivity index is 1.58. The number of aliphatic hydroxyl groups is 1. The molecule has 0 bridgehead atoms. The van der Waals surface area contributed by atoms with Crippen molar-refractivity contribution in [1.29, 1.82) is 0 Å². The van der Waals surface area contributed by atoms with Gasteiger partial charge in [0, 0.05) is 17.6 Å². The van der Waals surface area contributed by atoms with Crippen molar-refractivity contribution in [2.45, 2.75) is 41.9 Å². The number of carbonyl (C=O) groups is 2. The minimum Gasteiger partial charge on any atom is -0.390 e. The van der Waals surface area contributed by atoms with Gasteiger partial charge in [-0.2, -0.15) is 13.2 Å². The number of urea groups is 1. The number of carbonyl (C=O) groups excluding carboxylic acids is 2. The Labute approximate surface area is 168 Å². The molecule has 0 unspecified atom stereocenters. The SMILES string of the molecule is O=C1N(c2ccc(SC(F)(F)F)cc2)C(=O)C2(CC2)N1Cc1ccnc(CO)c1. The van der Waals surface area contributed by atoms with E-state index in [0.717, 1.165) is 10.5 Å². The summed E-state index contributed by atoms with van der Waals surface area (Å²) in [7, 11) is 0. The van der Waals surface area contributed by atoms with Gasteiger partial charge in [0.2, 0.25) is 0 Å². The van der Waals surface area contributed by atoms with E-state index < -0.39 is 17.1 Å². The fraction of sp³-hybridized carbons (Fsp3) is 0.316. The molecule has 1 aliphatic heterocycles. The smallest absolute Gasteiger partial charge is 0.390 e. The number of amides is 3. The van der Waals surface area contributed by atoms with Crippen LogP contribution >= 0.6 is 11.8 Å². The van der Waals surface area contributed by atoms with Crippen molar-refractivity contribution in [1.82, 2.24) is 9.88 Å². The van der Waals surface area contributed by atoms with Crippen LogP contribution in [0, 0.1) is 0 Å². The number of pyridine rings is 1. The van der Waals surface area contributed by atoms with E-state index in [1.165, 1.54) is 35.4 Å². The van der Waals surface area contributed by atoms with Crippen molar-refractivity contribution in [2.75, 3.05) is 4.90 Å². The zero-order valence-corrected chi connectivity index (χ0v) is 15.8. The largest absolute Gasteiger partial charge is 0.446 e. The Kier molecular flexibility index (Phi) is 4.78. The maximum Gasteiger partial charge on any atom is 0.446 e. The lowest BCUT2D eigenvalue weighted by atomic mass is 10.1. The first kappa shape index (κ1) is 19.7. The van der Waals surface area contributed by atoms with E-state index in [9.17, 15) is 27.9 Å². The summed E-state index contributed by atoms with van der Waals surface area (Å²) in [6.45, 7) is -0.0567. The number of rotatable bonds is 5. The number of hydrogen-bond acceptors (Lipinski definition) is 5. The van der Waals surface area contributed by atoms with Gasteiger partial charge in [-0.05, 0) is 66.6 Å². The van der Waals surface area contributed by atoms with Gasteiger partial charge in [0.1, 0.15) is 5.54 Å². The lowest BCUT2D eigenvalue weighted by Crippen LogP contribution is -2.36. The molecule has 10 heteroatoms. The Bertz CT molecular complexity index is 961. The summed E-state index contributed by atoms with van der Waals surface area (Å²) < 4.78 is 37.5. The number of imide groups is 1. The number of alkyl halides is 3. The monoisotopic (exact) mass is 423 g/mol. The van der Waals surface area contributed by atoms with Gasteiger partial charge in [-0.25, -0.2) is 9.69 Å². The number of anilines is 1.